The maximum absolute atomic E-state index is 12.1. The van der Waals surface area contributed by atoms with E-state index in [9.17, 15) is 9.59 Å². The first kappa shape index (κ1) is 18.0. The van der Waals surface area contributed by atoms with Crippen LogP contribution < -0.4 is 10.1 Å². The Morgan fingerprint density at radius 1 is 1.23 bits per heavy atom. The summed E-state index contributed by atoms with van der Waals surface area (Å²) in [7, 11) is 0. The number of hydrogen-bond acceptors (Lipinski definition) is 3. The average Bonchev–Trinajstić information content (AvgIpc) is 2.47. The lowest BCUT2D eigenvalue weighted by Crippen LogP contribution is -2.50. The van der Waals surface area contributed by atoms with Crippen molar-refractivity contribution in [2.45, 2.75) is 52.5 Å². The molecule has 1 aromatic carbocycles. The summed E-state index contributed by atoms with van der Waals surface area (Å²) in [6.45, 7) is 7.50. The first-order valence-electron chi connectivity index (χ1n) is 7.54. The number of hydrogen-bond donors (Lipinski definition) is 2. The van der Waals surface area contributed by atoms with E-state index in [1.807, 2.05) is 45.9 Å². The molecule has 0 aromatic heterocycles. The molecule has 0 fully saturated rings. The second kappa shape index (κ2) is 7.82. The molecule has 1 amide bonds. The lowest BCUT2D eigenvalue weighted by atomic mass is 9.89. The van der Waals surface area contributed by atoms with Gasteiger partial charge >= 0.3 is 5.97 Å². The van der Waals surface area contributed by atoms with Crippen molar-refractivity contribution in [2.75, 3.05) is 6.61 Å². The Bertz CT molecular complexity index is 535. The number of benzene rings is 1. The van der Waals surface area contributed by atoms with Crippen LogP contribution in [0.25, 0.3) is 0 Å². The van der Waals surface area contributed by atoms with E-state index in [1.54, 1.807) is 0 Å². The fraction of sp³-hybridized carbons (Fsp3) is 0.529. The second-order valence-electron chi connectivity index (χ2n) is 5.66. The van der Waals surface area contributed by atoms with E-state index in [1.165, 1.54) is 0 Å². The van der Waals surface area contributed by atoms with E-state index in [4.69, 9.17) is 9.84 Å². The van der Waals surface area contributed by atoms with Crippen LogP contribution in [0.1, 0.15) is 44.2 Å². The SMILES string of the molecule is CCC(CC)(CC(=O)O)NC(=O)COc1cc(C)ccc1C. The number of aliphatic carboxylic acids is 1. The van der Waals surface area contributed by atoms with Crippen molar-refractivity contribution in [1.82, 2.24) is 5.32 Å². The van der Waals surface area contributed by atoms with Crippen molar-refractivity contribution in [1.29, 1.82) is 0 Å². The third-order valence-electron chi connectivity index (χ3n) is 3.95. The summed E-state index contributed by atoms with van der Waals surface area (Å²) < 4.78 is 5.56. The fourth-order valence-corrected chi connectivity index (χ4v) is 2.35. The van der Waals surface area contributed by atoms with Crippen molar-refractivity contribution in [3.8, 4) is 5.75 Å². The third-order valence-corrected chi connectivity index (χ3v) is 3.95. The van der Waals surface area contributed by atoms with Crippen LogP contribution in [-0.2, 0) is 9.59 Å². The fourth-order valence-electron chi connectivity index (χ4n) is 2.35. The van der Waals surface area contributed by atoms with E-state index in [2.05, 4.69) is 5.32 Å². The smallest absolute Gasteiger partial charge is 0.305 e. The summed E-state index contributed by atoms with van der Waals surface area (Å²) in [5, 5.41) is 11.8. The molecule has 122 valence electrons. The molecule has 22 heavy (non-hydrogen) atoms. The number of aryl methyl sites for hydroxylation is 2. The highest BCUT2D eigenvalue weighted by molar-refractivity contribution is 5.79. The van der Waals surface area contributed by atoms with Crippen molar-refractivity contribution in [3.05, 3.63) is 29.3 Å². The van der Waals surface area contributed by atoms with Gasteiger partial charge in [-0.15, -0.1) is 0 Å². The van der Waals surface area contributed by atoms with E-state index in [0.717, 1.165) is 11.1 Å². The van der Waals surface area contributed by atoms with E-state index in [-0.39, 0.29) is 18.9 Å². The Hall–Kier alpha value is -2.04. The van der Waals surface area contributed by atoms with E-state index >= 15 is 0 Å². The molecule has 2 N–H and O–H groups in total. The molecule has 0 radical (unpaired) electrons. The van der Waals surface area contributed by atoms with Crippen molar-refractivity contribution in [2.24, 2.45) is 0 Å². The van der Waals surface area contributed by atoms with Crippen LogP contribution in [0.15, 0.2) is 18.2 Å². The Morgan fingerprint density at radius 2 is 1.86 bits per heavy atom. The molecule has 0 aliphatic heterocycles. The molecule has 0 atom stereocenters. The highest BCUT2D eigenvalue weighted by Gasteiger charge is 2.31. The number of amides is 1. The summed E-state index contributed by atoms with van der Waals surface area (Å²) in [4.78, 5) is 23.1. The summed E-state index contributed by atoms with van der Waals surface area (Å²) >= 11 is 0. The van der Waals surface area contributed by atoms with Gasteiger partial charge < -0.3 is 15.2 Å². The number of nitrogens with one attached hydrogen (secondary N) is 1. The van der Waals surface area contributed by atoms with Gasteiger partial charge in [0.2, 0.25) is 0 Å². The summed E-state index contributed by atoms with van der Waals surface area (Å²) in [6.07, 6.45) is 1.03. The lowest BCUT2D eigenvalue weighted by molar-refractivity contribution is -0.139. The standard InChI is InChI=1S/C17H25NO4/c1-5-17(6-2,10-16(20)21)18-15(19)11-22-14-9-12(3)7-8-13(14)4/h7-9H,5-6,10-11H2,1-4H3,(H,18,19)(H,20,21). The second-order valence-corrected chi connectivity index (χ2v) is 5.66. The number of carbonyl (C=O) groups excluding carboxylic acids is 1. The lowest BCUT2D eigenvalue weighted by Gasteiger charge is -2.31. The quantitative estimate of drug-likeness (QED) is 0.774. The third kappa shape index (κ3) is 5.06. The van der Waals surface area contributed by atoms with Gasteiger partial charge in [0.15, 0.2) is 6.61 Å². The van der Waals surface area contributed by atoms with Crippen molar-refractivity contribution < 1.29 is 19.4 Å². The predicted octanol–water partition coefficient (Wildman–Crippen LogP) is 2.83. The van der Waals surface area contributed by atoms with Gasteiger partial charge in [-0.2, -0.15) is 0 Å². The van der Waals surface area contributed by atoms with Crippen LogP contribution in [0, 0.1) is 13.8 Å². The van der Waals surface area contributed by atoms with Crippen LogP contribution >= 0.6 is 0 Å². The minimum Gasteiger partial charge on any atom is -0.483 e. The Kier molecular flexibility index (Phi) is 6.40. The number of ether oxygens (including phenoxy) is 1. The molecule has 1 aromatic rings. The van der Waals surface area contributed by atoms with Gasteiger partial charge in [0.05, 0.1) is 12.0 Å². The molecule has 0 saturated carbocycles. The van der Waals surface area contributed by atoms with Gasteiger partial charge in [-0.05, 0) is 43.9 Å². The van der Waals surface area contributed by atoms with Crippen LogP contribution in [0.3, 0.4) is 0 Å². The molecule has 0 spiro atoms. The van der Waals surface area contributed by atoms with Crippen molar-refractivity contribution in [3.63, 3.8) is 0 Å². The number of rotatable bonds is 8. The first-order chi connectivity index (χ1) is 10.3. The number of carboxylic acid groups (broad SMARTS) is 1. The maximum Gasteiger partial charge on any atom is 0.305 e. The largest absolute Gasteiger partial charge is 0.483 e. The zero-order chi connectivity index (χ0) is 16.8. The Labute approximate surface area is 131 Å². The van der Waals surface area contributed by atoms with Crippen molar-refractivity contribution >= 4 is 11.9 Å². The molecular formula is C17H25NO4. The van der Waals surface area contributed by atoms with Crippen LogP contribution in [0.4, 0.5) is 0 Å². The molecule has 0 aliphatic carbocycles. The first-order valence-corrected chi connectivity index (χ1v) is 7.54. The van der Waals surface area contributed by atoms with Gasteiger partial charge in [0.1, 0.15) is 5.75 Å². The Morgan fingerprint density at radius 3 is 2.41 bits per heavy atom. The molecule has 0 bridgehead atoms. The molecule has 0 aliphatic rings. The zero-order valence-electron chi connectivity index (χ0n) is 13.7. The molecule has 5 nitrogen and oxygen atoms in total. The molecule has 0 saturated heterocycles. The molecule has 0 unspecified atom stereocenters. The van der Waals surface area contributed by atoms with E-state index in [0.29, 0.717) is 18.6 Å². The number of carbonyl (C=O) groups is 2. The number of carboxylic acids is 1. The van der Waals surface area contributed by atoms with Crippen LogP contribution in [0.2, 0.25) is 0 Å². The summed E-state index contributed by atoms with van der Waals surface area (Å²) in [6, 6.07) is 5.80. The monoisotopic (exact) mass is 307 g/mol. The molecule has 1 rings (SSSR count). The van der Waals surface area contributed by atoms with Gasteiger partial charge in [0, 0.05) is 0 Å². The predicted molar refractivity (Wildman–Crippen MR) is 85.1 cm³/mol. The zero-order valence-corrected chi connectivity index (χ0v) is 13.7. The Balaban J connectivity index is 2.68. The minimum atomic E-state index is -0.917. The highest BCUT2D eigenvalue weighted by Crippen LogP contribution is 2.21. The molecule has 5 heteroatoms. The normalized spacial score (nSPS) is 11.1. The van der Waals surface area contributed by atoms with Gasteiger partial charge in [-0.1, -0.05) is 26.0 Å². The van der Waals surface area contributed by atoms with E-state index < -0.39 is 11.5 Å². The summed E-state index contributed by atoms with van der Waals surface area (Å²) in [5.41, 5.74) is 1.30. The highest BCUT2D eigenvalue weighted by atomic mass is 16.5. The molecular weight excluding hydrogens is 282 g/mol. The van der Waals surface area contributed by atoms with Crippen LogP contribution in [-0.4, -0.2) is 29.1 Å². The minimum absolute atomic E-state index is 0.0881. The molecule has 0 heterocycles. The van der Waals surface area contributed by atoms with Crippen LogP contribution in [0.5, 0.6) is 5.75 Å². The van der Waals surface area contributed by atoms with Gasteiger partial charge in [-0.3, -0.25) is 9.59 Å². The van der Waals surface area contributed by atoms with Gasteiger partial charge in [0.25, 0.3) is 5.91 Å². The van der Waals surface area contributed by atoms with Gasteiger partial charge in [-0.25, -0.2) is 0 Å². The summed E-state index contributed by atoms with van der Waals surface area (Å²) in [5.74, 6) is -0.544. The maximum atomic E-state index is 12.1. The average molecular weight is 307 g/mol. The topological polar surface area (TPSA) is 75.6 Å².